The van der Waals surface area contributed by atoms with Gasteiger partial charge in [0.25, 0.3) is 0 Å². The predicted molar refractivity (Wildman–Crippen MR) is 204 cm³/mol. The third-order valence-electron chi connectivity index (χ3n) is 13.2. The number of carboxylic acid groups (broad SMARTS) is 1. The van der Waals surface area contributed by atoms with Gasteiger partial charge in [-0.25, -0.2) is 20.4 Å². The Hall–Kier alpha value is -2.47. The molecule has 54 heavy (non-hydrogen) atoms. The van der Waals surface area contributed by atoms with Crippen LogP contribution in [0.15, 0.2) is 12.2 Å². The van der Waals surface area contributed by atoms with E-state index in [1.165, 1.54) is 0 Å². The van der Waals surface area contributed by atoms with E-state index in [1.807, 2.05) is 29.0 Å². The van der Waals surface area contributed by atoms with Crippen LogP contribution < -0.4 is 32.1 Å². The number of ether oxygens (including phenoxy) is 2. The van der Waals surface area contributed by atoms with Gasteiger partial charge in [-0.05, 0) is 89.4 Å². The van der Waals surface area contributed by atoms with E-state index in [1.54, 1.807) is 19.1 Å². The normalized spacial score (nSPS) is 41.5. The van der Waals surface area contributed by atoms with Crippen molar-refractivity contribution in [1.82, 2.24) is 42.1 Å². The molecule has 8 atom stereocenters. The SMILES string of the molecule is COC1CCC(NC(=O)N[C@@H]2CCCCC/C=C\[C@@H]3C[C@]3(C(=O)O)NC(=O)[C@@H]3CC(N4NC(C5CCC(OC)CC5)C(C5NCCS5)N4)CN3C2=O)CC1. The van der Waals surface area contributed by atoms with E-state index >= 15 is 0 Å². The molecule has 7 aliphatic rings. The first-order valence-electron chi connectivity index (χ1n) is 20.5. The molecular formula is C38H62N8O7S. The first-order chi connectivity index (χ1) is 26.2. The third kappa shape index (κ3) is 8.89. The summed E-state index contributed by atoms with van der Waals surface area (Å²) in [4.78, 5) is 56.7. The highest BCUT2D eigenvalue weighted by molar-refractivity contribution is 8.00. The van der Waals surface area contributed by atoms with Gasteiger partial charge in [-0.2, -0.15) is 5.12 Å². The fourth-order valence-corrected chi connectivity index (χ4v) is 11.0. The van der Waals surface area contributed by atoms with Crippen molar-refractivity contribution in [1.29, 1.82) is 0 Å². The number of hydrazine groups is 2. The number of hydrogen-bond acceptors (Lipinski definition) is 11. The van der Waals surface area contributed by atoms with Crippen molar-refractivity contribution in [3.05, 3.63) is 12.2 Å². The van der Waals surface area contributed by atoms with E-state index < -0.39 is 29.5 Å². The van der Waals surface area contributed by atoms with E-state index in [4.69, 9.17) is 9.47 Å². The fourth-order valence-electron chi connectivity index (χ4n) is 9.84. The summed E-state index contributed by atoms with van der Waals surface area (Å²) in [6.45, 7) is 1.20. The van der Waals surface area contributed by atoms with Crippen LogP contribution in [0.2, 0.25) is 0 Å². The van der Waals surface area contributed by atoms with Crippen LogP contribution in [0.25, 0.3) is 0 Å². The molecule has 4 amide bonds. The largest absolute Gasteiger partial charge is 0.479 e. The molecule has 3 aliphatic carbocycles. The molecule has 0 aromatic rings. The van der Waals surface area contributed by atoms with Crippen LogP contribution in [0.5, 0.6) is 0 Å². The molecule has 4 aliphatic heterocycles. The Kier molecular flexibility index (Phi) is 13.1. The Morgan fingerprint density at radius 1 is 0.926 bits per heavy atom. The van der Waals surface area contributed by atoms with E-state index in [0.717, 1.165) is 89.3 Å². The molecule has 302 valence electrons. The molecule has 16 heteroatoms. The minimum Gasteiger partial charge on any atom is -0.479 e. The average molecular weight is 775 g/mol. The van der Waals surface area contributed by atoms with Gasteiger partial charge in [0.2, 0.25) is 11.8 Å². The van der Waals surface area contributed by atoms with E-state index in [-0.39, 0.29) is 66.2 Å². The maximum absolute atomic E-state index is 14.7. The van der Waals surface area contributed by atoms with Crippen LogP contribution in [0.3, 0.4) is 0 Å². The molecule has 4 heterocycles. The highest BCUT2D eigenvalue weighted by atomic mass is 32.2. The summed E-state index contributed by atoms with van der Waals surface area (Å²) >= 11 is 1.92. The van der Waals surface area contributed by atoms with Crippen molar-refractivity contribution in [3.63, 3.8) is 0 Å². The number of fused-ring (bicyclic) bond motifs is 2. The zero-order valence-corrected chi connectivity index (χ0v) is 32.7. The number of methoxy groups -OCH3 is 2. The van der Waals surface area contributed by atoms with Gasteiger partial charge >= 0.3 is 12.0 Å². The lowest BCUT2D eigenvalue weighted by Gasteiger charge is -2.35. The van der Waals surface area contributed by atoms with Gasteiger partial charge < -0.3 is 40.7 Å². The van der Waals surface area contributed by atoms with Gasteiger partial charge in [0.05, 0.1) is 29.7 Å². The van der Waals surface area contributed by atoms with Crippen molar-refractivity contribution >= 4 is 35.6 Å². The number of nitrogens with zero attached hydrogens (tertiary/aromatic N) is 2. The van der Waals surface area contributed by atoms with Crippen molar-refractivity contribution in [2.45, 2.75) is 156 Å². The number of nitrogens with one attached hydrogen (secondary N) is 6. The molecular weight excluding hydrogens is 713 g/mol. The van der Waals surface area contributed by atoms with Crippen molar-refractivity contribution < 1.29 is 33.8 Å². The maximum atomic E-state index is 14.7. The number of urea groups is 1. The van der Waals surface area contributed by atoms with Gasteiger partial charge in [0.15, 0.2) is 0 Å². The van der Waals surface area contributed by atoms with Crippen LogP contribution >= 0.6 is 11.8 Å². The summed E-state index contributed by atoms with van der Waals surface area (Å²) in [6.07, 6.45) is 16.3. The summed E-state index contributed by atoms with van der Waals surface area (Å²) < 4.78 is 11.2. The summed E-state index contributed by atoms with van der Waals surface area (Å²) in [6, 6.07) is -2.11. The van der Waals surface area contributed by atoms with Gasteiger partial charge in [0, 0.05) is 51.1 Å². The highest BCUT2D eigenvalue weighted by Crippen LogP contribution is 2.45. The van der Waals surface area contributed by atoms with Crippen LogP contribution in [-0.4, -0.2) is 131 Å². The topological polar surface area (TPSA) is 186 Å². The molecule has 0 bridgehead atoms. The number of aliphatic carboxylic acids is 1. The van der Waals surface area contributed by atoms with Crippen LogP contribution in [0.1, 0.15) is 96.3 Å². The molecule has 6 fully saturated rings. The second-order valence-electron chi connectivity index (χ2n) is 16.6. The molecule has 0 spiro atoms. The quantitative estimate of drug-likeness (QED) is 0.178. The number of hydrogen-bond donors (Lipinski definition) is 7. The molecule has 15 nitrogen and oxygen atoms in total. The Balaban J connectivity index is 1.11. The maximum Gasteiger partial charge on any atom is 0.330 e. The van der Waals surface area contributed by atoms with Crippen LogP contribution in [0.4, 0.5) is 4.79 Å². The summed E-state index contributed by atoms with van der Waals surface area (Å²) in [5, 5.41) is 25.2. The summed E-state index contributed by atoms with van der Waals surface area (Å²) in [5.74, 6) is -0.649. The molecule has 3 saturated carbocycles. The van der Waals surface area contributed by atoms with Gasteiger partial charge in [0.1, 0.15) is 17.6 Å². The minimum atomic E-state index is -1.38. The fraction of sp³-hybridized carbons (Fsp3) is 0.842. The molecule has 7 rings (SSSR count). The lowest BCUT2D eigenvalue weighted by atomic mass is 9.80. The van der Waals surface area contributed by atoms with E-state index in [0.29, 0.717) is 25.2 Å². The second-order valence-corrected chi connectivity index (χ2v) is 17.9. The van der Waals surface area contributed by atoms with Crippen LogP contribution in [-0.2, 0) is 23.9 Å². The van der Waals surface area contributed by atoms with Gasteiger partial charge in [-0.15, -0.1) is 11.8 Å². The Morgan fingerprint density at radius 2 is 1.65 bits per heavy atom. The monoisotopic (exact) mass is 774 g/mol. The number of carbonyl (C=O) groups excluding carboxylic acids is 3. The zero-order valence-electron chi connectivity index (χ0n) is 31.9. The summed E-state index contributed by atoms with van der Waals surface area (Å²) in [7, 11) is 3.51. The van der Waals surface area contributed by atoms with Crippen molar-refractivity contribution in [3.8, 4) is 0 Å². The summed E-state index contributed by atoms with van der Waals surface area (Å²) in [5.41, 5.74) is 6.20. The second kappa shape index (κ2) is 17.8. The number of carbonyl (C=O) groups is 4. The zero-order chi connectivity index (χ0) is 37.8. The molecule has 7 N–H and O–H groups in total. The molecule has 4 unspecified atom stereocenters. The van der Waals surface area contributed by atoms with Crippen molar-refractivity contribution in [2.75, 3.05) is 33.1 Å². The standard InChI is InChI=1S/C38H62N8O7S/c1-52-27-14-10-23(11-15-27)31-32(34-39-18-19-54-34)44-46(43-31)26-20-30-33(47)42-38(36(49)50)21-24(38)8-6-4-3-5-7-9-29(35(48)45(30)22-26)41-37(51)40-25-12-16-28(53-2)17-13-25/h6,8,23-32,34,39,43-44H,3-5,7,9-22H2,1-2H3,(H,42,47)(H,49,50)(H2,40,41,51)/b8-6-/t23?,24-,25?,26?,27?,28?,29-,30+,31?,32?,34?,38+/m1/s1. The molecule has 0 radical (unpaired) electrons. The number of carboxylic acids is 1. The van der Waals surface area contributed by atoms with E-state index in [9.17, 15) is 24.3 Å². The number of thioether (sulfide) groups is 1. The third-order valence-corrected chi connectivity index (χ3v) is 14.5. The Morgan fingerprint density at radius 3 is 2.33 bits per heavy atom. The molecule has 0 aromatic carbocycles. The number of rotatable bonds is 8. The smallest absolute Gasteiger partial charge is 0.330 e. The average Bonchev–Trinajstić information content (AvgIpc) is 3.63. The number of allylic oxidation sites excluding steroid dienone is 1. The first-order valence-corrected chi connectivity index (χ1v) is 21.6. The highest BCUT2D eigenvalue weighted by Gasteiger charge is 2.61. The van der Waals surface area contributed by atoms with Gasteiger partial charge in [-0.3, -0.25) is 9.59 Å². The number of amides is 4. The van der Waals surface area contributed by atoms with Gasteiger partial charge in [-0.1, -0.05) is 25.0 Å². The molecule has 3 saturated heterocycles. The van der Waals surface area contributed by atoms with Crippen LogP contribution in [0, 0.1) is 11.8 Å². The lowest BCUT2D eigenvalue weighted by molar-refractivity contribution is -0.145. The first kappa shape index (κ1) is 39.8. The molecule has 0 aromatic heterocycles. The lowest BCUT2D eigenvalue weighted by Crippen LogP contribution is -2.57. The van der Waals surface area contributed by atoms with E-state index in [2.05, 4.69) is 32.1 Å². The minimum absolute atomic E-state index is 0.000729. The predicted octanol–water partition coefficient (Wildman–Crippen LogP) is 1.99. The van der Waals surface area contributed by atoms with Crippen molar-refractivity contribution in [2.24, 2.45) is 11.8 Å². The Bertz CT molecular complexity index is 1370. The Labute approximate surface area is 323 Å².